The van der Waals surface area contributed by atoms with Gasteiger partial charge in [0, 0.05) is 56.8 Å². The van der Waals surface area contributed by atoms with Gasteiger partial charge in [0.25, 0.3) is 0 Å². The van der Waals surface area contributed by atoms with Crippen LogP contribution in [0.15, 0.2) is 146 Å². The van der Waals surface area contributed by atoms with E-state index in [0.717, 1.165) is 111 Å². The molecule has 0 spiro atoms. The standard InChI is InChI=1S/C102H108O12/c1-49-37-85(103)57(9)29-73(49)93(74-30-58(10)86(104)38-50(74)2)81-45-69(25-65(17)97(81)111)101(70-26-66(18)98(112)82(46-70)94(75-31-59(11)87(105)39-51(75)3)76-32-60(12)88(106)40-52(76)4)21-23-102(24-22-101,71-27-67(19)99(113)83(47-71)95(77-33-61(13)89(107)41-53(77)5)78-34-62(14)90(108)42-54(78)6)72-28-68(20)100(114)84(48-72)96(79-35-63(15)91(109)43-55(79)7)80-36-64(16)92(110)44-56(80)8/h25-48,93-96,103-114H,21-24H2,1-20H3. The number of benzene rings is 12. The average Bonchev–Trinajstić information content (AvgIpc) is 0.711. The summed E-state index contributed by atoms with van der Waals surface area (Å²) in [7, 11) is 0. The lowest BCUT2D eigenvalue weighted by atomic mass is 9.54. The molecule has 1 aliphatic carbocycles. The summed E-state index contributed by atoms with van der Waals surface area (Å²) in [5, 5.41) is 144. The van der Waals surface area contributed by atoms with Gasteiger partial charge < -0.3 is 61.3 Å². The molecular weight excluding hydrogens is 1420 g/mol. The van der Waals surface area contributed by atoms with Crippen LogP contribution in [0.25, 0.3) is 0 Å². The second-order valence-corrected chi connectivity index (χ2v) is 33.8. The van der Waals surface area contributed by atoms with Crippen molar-refractivity contribution in [3.63, 3.8) is 0 Å². The number of rotatable bonds is 16. The van der Waals surface area contributed by atoms with Crippen molar-refractivity contribution in [2.75, 3.05) is 0 Å². The number of hydrogen-bond acceptors (Lipinski definition) is 12. The van der Waals surface area contributed by atoms with Crippen LogP contribution in [0.3, 0.4) is 0 Å². The van der Waals surface area contributed by atoms with E-state index in [1.165, 1.54) is 0 Å². The van der Waals surface area contributed by atoms with Crippen LogP contribution in [-0.2, 0) is 10.8 Å². The van der Waals surface area contributed by atoms with Crippen molar-refractivity contribution in [2.45, 2.75) is 199 Å². The zero-order valence-corrected chi connectivity index (χ0v) is 69.4. The summed E-state index contributed by atoms with van der Waals surface area (Å²) in [5.41, 5.74) is 24.3. The van der Waals surface area contributed by atoms with Crippen LogP contribution in [0.2, 0.25) is 0 Å². The summed E-state index contributed by atoms with van der Waals surface area (Å²) in [6.07, 6.45) is 1.54. The first-order chi connectivity index (χ1) is 53.6. The first-order valence-corrected chi connectivity index (χ1v) is 39.4. The van der Waals surface area contributed by atoms with Crippen molar-refractivity contribution >= 4 is 0 Å². The molecule has 0 saturated heterocycles. The lowest BCUT2D eigenvalue weighted by molar-refractivity contribution is 0.255. The van der Waals surface area contributed by atoms with E-state index in [9.17, 15) is 61.3 Å². The highest BCUT2D eigenvalue weighted by atomic mass is 16.3. The van der Waals surface area contributed by atoms with Crippen molar-refractivity contribution in [1.82, 2.24) is 0 Å². The Kier molecular flexibility index (Phi) is 21.1. The lowest BCUT2D eigenvalue weighted by Crippen LogP contribution is -2.42. The summed E-state index contributed by atoms with van der Waals surface area (Å²) >= 11 is 0. The Balaban J connectivity index is 1.17. The largest absolute Gasteiger partial charge is 0.508 e. The second kappa shape index (κ2) is 30.0. The second-order valence-electron chi connectivity index (χ2n) is 33.8. The van der Waals surface area contributed by atoms with Crippen LogP contribution >= 0.6 is 0 Å². The Morgan fingerprint density at radius 1 is 0.158 bits per heavy atom. The summed E-state index contributed by atoms with van der Waals surface area (Å²) < 4.78 is 0. The molecule has 0 amide bonds. The monoisotopic (exact) mass is 1520 g/mol. The Morgan fingerprint density at radius 2 is 0.289 bits per heavy atom. The molecule has 1 saturated carbocycles. The van der Waals surface area contributed by atoms with Gasteiger partial charge in [0.05, 0.1) is 0 Å². The molecule has 12 aromatic rings. The van der Waals surface area contributed by atoms with Crippen LogP contribution < -0.4 is 0 Å². The number of hydrogen-bond donors (Lipinski definition) is 12. The molecule has 0 aliphatic heterocycles. The zero-order chi connectivity index (χ0) is 82.8. The molecule has 0 heterocycles. The fourth-order valence-corrected chi connectivity index (χ4v) is 18.9. The first kappa shape index (κ1) is 80.3. The zero-order valence-electron chi connectivity index (χ0n) is 69.4. The lowest BCUT2D eigenvalue weighted by Gasteiger charge is -2.49. The predicted molar refractivity (Wildman–Crippen MR) is 456 cm³/mol. The number of phenolic OH excluding ortho intramolecular Hbond substituents is 12. The van der Waals surface area contributed by atoms with Gasteiger partial charge in [-0.15, -0.1) is 0 Å². The minimum absolute atomic E-state index is 0.0674. The highest BCUT2D eigenvalue weighted by Crippen LogP contribution is 2.60. The predicted octanol–water partition coefficient (Wildman–Crippen LogP) is 22.9. The van der Waals surface area contributed by atoms with Crippen LogP contribution in [0.4, 0.5) is 0 Å². The third kappa shape index (κ3) is 13.9. The summed E-state index contributed by atoms with van der Waals surface area (Å²) in [5.74, 6) is -1.34. The van der Waals surface area contributed by atoms with Crippen LogP contribution in [0.5, 0.6) is 69.0 Å². The third-order valence-corrected chi connectivity index (χ3v) is 25.9. The maximum absolute atomic E-state index is 13.3. The third-order valence-electron chi connectivity index (χ3n) is 25.9. The van der Waals surface area contributed by atoms with Gasteiger partial charge in [-0.3, -0.25) is 0 Å². The van der Waals surface area contributed by atoms with Gasteiger partial charge in [-0.05, 0) is 391 Å². The van der Waals surface area contributed by atoms with Crippen LogP contribution in [0, 0.1) is 138 Å². The minimum Gasteiger partial charge on any atom is -0.508 e. The van der Waals surface area contributed by atoms with Crippen LogP contribution in [-0.4, -0.2) is 61.3 Å². The smallest absolute Gasteiger partial charge is 0.122 e. The van der Waals surface area contributed by atoms with Gasteiger partial charge in [-0.1, -0.05) is 97.1 Å². The fourth-order valence-electron chi connectivity index (χ4n) is 18.9. The quantitative estimate of drug-likeness (QED) is 0.0404. The maximum Gasteiger partial charge on any atom is 0.122 e. The van der Waals surface area contributed by atoms with Gasteiger partial charge in [-0.2, -0.15) is 0 Å². The molecule has 1 aliphatic rings. The molecule has 0 radical (unpaired) electrons. The number of aryl methyl sites for hydroxylation is 20. The molecule has 12 heteroatoms. The van der Waals surface area contributed by atoms with E-state index < -0.39 is 34.5 Å². The molecule has 1 fully saturated rings. The molecule has 0 aromatic heterocycles. The Hall–Kier alpha value is -11.8. The van der Waals surface area contributed by atoms with Crippen molar-refractivity contribution < 1.29 is 61.3 Å². The highest BCUT2D eigenvalue weighted by molar-refractivity contribution is 5.68. The van der Waals surface area contributed by atoms with Gasteiger partial charge in [0.1, 0.15) is 69.0 Å². The maximum atomic E-state index is 13.3. The van der Waals surface area contributed by atoms with E-state index in [1.807, 2.05) is 187 Å². The highest BCUT2D eigenvalue weighted by Gasteiger charge is 2.49. The fraction of sp³-hybridized carbons (Fsp3) is 0.294. The molecule has 588 valence electrons. The minimum atomic E-state index is -1.03. The van der Waals surface area contributed by atoms with E-state index in [0.29, 0.717) is 115 Å². The molecule has 0 unspecified atom stereocenters. The Labute approximate surface area is 671 Å². The molecular formula is C102H108O12. The van der Waals surface area contributed by atoms with E-state index >= 15 is 0 Å². The number of aromatic hydroxyl groups is 12. The Bertz CT molecular complexity index is 5000. The van der Waals surface area contributed by atoms with Crippen molar-refractivity contribution in [3.05, 3.63) is 346 Å². The van der Waals surface area contributed by atoms with Crippen molar-refractivity contribution in [1.29, 1.82) is 0 Å². The van der Waals surface area contributed by atoms with Crippen molar-refractivity contribution in [3.8, 4) is 69.0 Å². The number of phenols is 12. The Morgan fingerprint density at radius 3 is 0.421 bits per heavy atom. The molecule has 13 rings (SSSR count). The van der Waals surface area contributed by atoms with Crippen molar-refractivity contribution in [2.24, 2.45) is 0 Å². The summed E-state index contributed by atoms with van der Waals surface area (Å²) in [6.45, 7) is 38.3. The summed E-state index contributed by atoms with van der Waals surface area (Å²) in [4.78, 5) is 0. The molecule has 12 aromatic carbocycles. The van der Waals surface area contributed by atoms with E-state index in [1.54, 1.807) is 48.5 Å². The van der Waals surface area contributed by atoms with E-state index in [-0.39, 0.29) is 69.0 Å². The topological polar surface area (TPSA) is 243 Å². The average molecular weight is 1530 g/mol. The molecule has 12 N–H and O–H groups in total. The van der Waals surface area contributed by atoms with E-state index in [2.05, 4.69) is 48.5 Å². The van der Waals surface area contributed by atoms with Gasteiger partial charge in [0.15, 0.2) is 0 Å². The molecule has 12 nitrogen and oxygen atoms in total. The summed E-state index contributed by atoms with van der Waals surface area (Å²) in [6, 6.07) is 47.0. The van der Waals surface area contributed by atoms with E-state index in [4.69, 9.17) is 0 Å². The SMILES string of the molecule is Cc1cc(C(c2cc(C)c(O)cc2C)c2cc(C3(c4cc(C)c(O)c(C(c5cc(C)c(O)cc5C)c5cc(C)c(O)cc5C)c4)CCC(c4cc(C)c(O)c(C(c5cc(C)c(O)cc5C)c5cc(C)c(O)cc5C)c4)(c4cc(C)c(O)c(C(c5cc(C)c(O)cc5C)c5cc(C)c(O)cc5C)c4)CC3)cc(C)c2O)c(C)cc1O. The van der Waals surface area contributed by atoms with Gasteiger partial charge in [0.2, 0.25) is 0 Å². The van der Waals surface area contributed by atoms with Crippen LogP contribution in [0.1, 0.15) is 250 Å². The van der Waals surface area contributed by atoms with Gasteiger partial charge >= 0.3 is 0 Å². The molecule has 0 bridgehead atoms. The molecule has 114 heavy (non-hydrogen) atoms. The van der Waals surface area contributed by atoms with Gasteiger partial charge in [-0.25, -0.2) is 0 Å². The molecule has 0 atom stereocenters. The normalized spacial score (nSPS) is 13.5. The first-order valence-electron chi connectivity index (χ1n) is 39.4.